The van der Waals surface area contributed by atoms with Crippen LogP contribution in [0.3, 0.4) is 0 Å². The Morgan fingerprint density at radius 2 is 1.71 bits per heavy atom. The van der Waals surface area contributed by atoms with Crippen molar-refractivity contribution in [1.29, 1.82) is 0 Å². The third kappa shape index (κ3) is 4.80. The average molecular weight is 415 g/mol. The minimum Gasteiger partial charge on any atom is -0.368 e. The van der Waals surface area contributed by atoms with Gasteiger partial charge in [0.2, 0.25) is 0 Å². The van der Waals surface area contributed by atoms with Crippen LogP contribution in [-0.2, 0) is 12.8 Å². The molecule has 0 unspecified atom stereocenters. The van der Waals surface area contributed by atoms with Crippen LogP contribution in [0.25, 0.3) is 11.1 Å². The van der Waals surface area contributed by atoms with Gasteiger partial charge in [-0.25, -0.2) is 9.97 Å². The lowest BCUT2D eigenvalue weighted by atomic mass is 10.0. The molecule has 162 valence electrons. The molecule has 0 fully saturated rings. The molecule has 1 aliphatic rings. The number of nitrogens with one attached hydrogen (secondary N) is 1. The van der Waals surface area contributed by atoms with E-state index in [2.05, 4.69) is 87.3 Å². The van der Waals surface area contributed by atoms with Gasteiger partial charge in [0, 0.05) is 43.6 Å². The molecule has 0 amide bonds. The van der Waals surface area contributed by atoms with Crippen molar-refractivity contribution >= 4 is 5.82 Å². The van der Waals surface area contributed by atoms with Gasteiger partial charge in [0.25, 0.3) is 0 Å². The molecule has 2 aromatic carbocycles. The molecule has 0 saturated carbocycles. The summed E-state index contributed by atoms with van der Waals surface area (Å²) < 4.78 is 0. The lowest BCUT2D eigenvalue weighted by Gasteiger charge is -2.30. The zero-order valence-corrected chi connectivity index (χ0v) is 19.4. The fourth-order valence-corrected chi connectivity index (χ4v) is 4.66. The number of hydrogen-bond acceptors (Lipinski definition) is 4. The lowest BCUT2D eigenvalue weighted by Crippen LogP contribution is -2.40. The van der Waals surface area contributed by atoms with Gasteiger partial charge in [-0.15, -0.1) is 0 Å². The predicted octanol–water partition coefficient (Wildman–Crippen LogP) is 5.48. The smallest absolute Gasteiger partial charge is 0.137 e. The number of hydrogen-bond donors (Lipinski definition) is 1. The molecule has 0 atom stereocenters. The molecule has 0 aliphatic heterocycles. The zero-order chi connectivity index (χ0) is 22.0. The van der Waals surface area contributed by atoms with Crippen molar-refractivity contribution in [3.8, 4) is 11.1 Å². The molecule has 4 rings (SSSR count). The summed E-state index contributed by atoms with van der Waals surface area (Å²) in [4.78, 5) is 12.5. The van der Waals surface area contributed by atoms with E-state index in [1.165, 1.54) is 27.8 Å². The molecular weight excluding hydrogens is 380 g/mol. The van der Waals surface area contributed by atoms with Crippen LogP contribution in [-0.4, -0.2) is 40.0 Å². The van der Waals surface area contributed by atoms with Crippen molar-refractivity contribution in [2.45, 2.75) is 59.5 Å². The highest BCUT2D eigenvalue weighted by atomic mass is 15.2. The maximum atomic E-state index is 5.01. The average Bonchev–Trinajstić information content (AvgIpc) is 3.08. The second kappa shape index (κ2) is 9.19. The van der Waals surface area contributed by atoms with Gasteiger partial charge in [0.1, 0.15) is 11.6 Å². The van der Waals surface area contributed by atoms with Gasteiger partial charge < -0.3 is 5.32 Å². The Balaban J connectivity index is 1.64. The molecule has 4 nitrogen and oxygen atoms in total. The van der Waals surface area contributed by atoms with Crippen LogP contribution in [0.15, 0.2) is 48.5 Å². The van der Waals surface area contributed by atoms with Crippen LogP contribution in [0.4, 0.5) is 5.82 Å². The third-order valence-corrected chi connectivity index (χ3v) is 6.11. The lowest BCUT2D eigenvalue weighted by molar-refractivity contribution is 0.182. The summed E-state index contributed by atoms with van der Waals surface area (Å²) >= 11 is 0. The van der Waals surface area contributed by atoms with E-state index in [0.29, 0.717) is 12.1 Å². The van der Waals surface area contributed by atoms with Crippen molar-refractivity contribution in [3.05, 3.63) is 76.7 Å². The van der Waals surface area contributed by atoms with Gasteiger partial charge in [0.05, 0.1) is 5.69 Å². The topological polar surface area (TPSA) is 41.1 Å². The normalized spacial score (nSPS) is 12.5. The van der Waals surface area contributed by atoms with Gasteiger partial charge in [0.15, 0.2) is 0 Å². The van der Waals surface area contributed by atoms with Crippen LogP contribution < -0.4 is 5.32 Å². The van der Waals surface area contributed by atoms with Crippen LogP contribution >= 0.6 is 0 Å². The van der Waals surface area contributed by atoms with Gasteiger partial charge in [-0.1, -0.05) is 54.1 Å². The number of anilines is 1. The van der Waals surface area contributed by atoms with E-state index in [1.54, 1.807) is 0 Å². The maximum absolute atomic E-state index is 5.01. The van der Waals surface area contributed by atoms with E-state index in [-0.39, 0.29) is 0 Å². The first-order chi connectivity index (χ1) is 14.9. The first kappa shape index (κ1) is 21.5. The summed E-state index contributed by atoms with van der Waals surface area (Å²) in [6.45, 7) is 13.1. The number of rotatable bonds is 8. The molecule has 0 bridgehead atoms. The second-order valence-electron chi connectivity index (χ2n) is 9.16. The summed E-state index contributed by atoms with van der Waals surface area (Å²) in [5.41, 5.74) is 7.50. The highest BCUT2D eigenvalue weighted by molar-refractivity contribution is 5.84. The summed E-state index contributed by atoms with van der Waals surface area (Å²) in [5, 5.41) is 3.67. The Morgan fingerprint density at radius 1 is 0.968 bits per heavy atom. The van der Waals surface area contributed by atoms with E-state index in [4.69, 9.17) is 9.97 Å². The number of fused-ring (bicyclic) bond motifs is 3. The standard InChI is InChI=1S/C27H34N4/c1-18(2)31(19(3)4)14-13-28-27-26-23-12-11-20(5)15-22(23)17-24(26)29-25(30-27)16-21-9-7-6-8-10-21/h6-12,15,18-19H,13-14,16-17H2,1-5H3,(H,28,29,30). The van der Waals surface area contributed by atoms with Gasteiger partial charge >= 0.3 is 0 Å². The highest BCUT2D eigenvalue weighted by Gasteiger charge is 2.25. The van der Waals surface area contributed by atoms with Gasteiger partial charge in [-0.05, 0) is 51.3 Å². The van der Waals surface area contributed by atoms with E-state index in [1.807, 2.05) is 6.07 Å². The Labute approximate surface area is 186 Å². The number of aromatic nitrogens is 2. The summed E-state index contributed by atoms with van der Waals surface area (Å²) in [6, 6.07) is 18.2. The van der Waals surface area contributed by atoms with Gasteiger partial charge in [-0.3, -0.25) is 4.90 Å². The van der Waals surface area contributed by atoms with Crippen LogP contribution in [0.2, 0.25) is 0 Å². The fraction of sp³-hybridized carbons (Fsp3) is 0.407. The molecule has 1 aromatic heterocycles. The third-order valence-electron chi connectivity index (χ3n) is 6.11. The van der Waals surface area contributed by atoms with E-state index >= 15 is 0 Å². The van der Waals surface area contributed by atoms with Crippen LogP contribution in [0, 0.1) is 6.92 Å². The largest absolute Gasteiger partial charge is 0.368 e. The predicted molar refractivity (Wildman–Crippen MR) is 130 cm³/mol. The van der Waals surface area contributed by atoms with Crippen molar-refractivity contribution in [1.82, 2.24) is 14.9 Å². The number of nitrogens with zero attached hydrogens (tertiary/aromatic N) is 3. The van der Waals surface area contributed by atoms with Crippen molar-refractivity contribution in [2.75, 3.05) is 18.4 Å². The second-order valence-corrected chi connectivity index (χ2v) is 9.16. The maximum Gasteiger partial charge on any atom is 0.137 e. The van der Waals surface area contributed by atoms with Crippen LogP contribution in [0.1, 0.15) is 55.9 Å². The Hall–Kier alpha value is -2.72. The van der Waals surface area contributed by atoms with Crippen LogP contribution in [0.5, 0.6) is 0 Å². The minimum absolute atomic E-state index is 0.523. The summed E-state index contributed by atoms with van der Waals surface area (Å²) in [5.74, 6) is 1.87. The first-order valence-corrected chi connectivity index (χ1v) is 11.5. The fourth-order valence-electron chi connectivity index (χ4n) is 4.66. The Kier molecular flexibility index (Phi) is 6.38. The van der Waals surface area contributed by atoms with E-state index in [0.717, 1.165) is 43.3 Å². The quantitative estimate of drug-likeness (QED) is 0.415. The molecule has 1 aliphatic carbocycles. The first-order valence-electron chi connectivity index (χ1n) is 11.5. The SMILES string of the molecule is Cc1ccc2c(c1)Cc1nc(Cc3ccccc3)nc(NCCN(C(C)C)C(C)C)c1-2. The zero-order valence-electron chi connectivity index (χ0n) is 19.4. The van der Waals surface area contributed by atoms with E-state index in [9.17, 15) is 0 Å². The molecule has 0 radical (unpaired) electrons. The van der Waals surface area contributed by atoms with E-state index < -0.39 is 0 Å². The summed E-state index contributed by atoms with van der Waals surface area (Å²) in [6.07, 6.45) is 1.64. The molecule has 0 spiro atoms. The molecular formula is C27H34N4. The van der Waals surface area contributed by atoms with Crippen molar-refractivity contribution < 1.29 is 0 Å². The molecule has 4 heteroatoms. The van der Waals surface area contributed by atoms with Crippen molar-refractivity contribution in [2.24, 2.45) is 0 Å². The molecule has 1 N–H and O–H groups in total. The van der Waals surface area contributed by atoms with Gasteiger partial charge in [-0.2, -0.15) is 0 Å². The van der Waals surface area contributed by atoms with Crippen molar-refractivity contribution in [3.63, 3.8) is 0 Å². The molecule has 3 aromatic rings. The molecule has 1 heterocycles. The molecule has 31 heavy (non-hydrogen) atoms. The molecule has 0 saturated heterocycles. The number of benzene rings is 2. The highest BCUT2D eigenvalue weighted by Crippen LogP contribution is 2.40. The number of aryl methyl sites for hydroxylation is 1. The Morgan fingerprint density at radius 3 is 2.42 bits per heavy atom. The summed E-state index contributed by atoms with van der Waals surface area (Å²) in [7, 11) is 0. The Bertz CT molecular complexity index is 1030. The minimum atomic E-state index is 0.523. The monoisotopic (exact) mass is 414 g/mol.